The van der Waals surface area contributed by atoms with Crippen molar-refractivity contribution in [3.8, 4) is 0 Å². The first-order chi connectivity index (χ1) is 8.57. The molecule has 1 nitrogen and oxygen atoms in total. The average molecular weight is 262 g/mol. The van der Waals surface area contributed by atoms with Gasteiger partial charge in [-0.3, -0.25) is 0 Å². The van der Waals surface area contributed by atoms with Crippen LogP contribution in [0.15, 0.2) is 24.3 Å². The number of fused-ring (bicyclic) bond motifs is 2. The molecule has 2 heterocycles. The van der Waals surface area contributed by atoms with Crippen LogP contribution in [0.3, 0.4) is 0 Å². The van der Waals surface area contributed by atoms with Gasteiger partial charge in [-0.1, -0.05) is 38.1 Å². The molecule has 2 heteroatoms. The summed E-state index contributed by atoms with van der Waals surface area (Å²) in [5.74, 6) is 0.531. The minimum absolute atomic E-state index is 0.531. The van der Waals surface area contributed by atoms with Crippen LogP contribution in [0.1, 0.15) is 56.6 Å². The van der Waals surface area contributed by atoms with Crippen LogP contribution in [-0.2, 0) is 5.60 Å². The van der Waals surface area contributed by atoms with E-state index in [9.17, 15) is 5.11 Å². The summed E-state index contributed by atoms with van der Waals surface area (Å²) < 4.78 is 0. The van der Waals surface area contributed by atoms with Crippen LogP contribution < -0.4 is 0 Å². The van der Waals surface area contributed by atoms with Crippen molar-refractivity contribution in [2.75, 3.05) is 0 Å². The Balaban J connectivity index is 1.91. The summed E-state index contributed by atoms with van der Waals surface area (Å²) in [6, 6.07) is 8.61. The Hall–Kier alpha value is -0.470. The first-order valence-corrected chi connectivity index (χ1v) is 7.99. The zero-order chi connectivity index (χ0) is 12.8. The predicted molar refractivity (Wildman–Crippen MR) is 78.1 cm³/mol. The molecule has 2 aliphatic heterocycles. The van der Waals surface area contributed by atoms with Gasteiger partial charge in [0.05, 0.1) is 5.60 Å². The van der Waals surface area contributed by atoms with Crippen molar-refractivity contribution in [3.63, 3.8) is 0 Å². The van der Waals surface area contributed by atoms with Crippen molar-refractivity contribution in [1.82, 2.24) is 0 Å². The number of thioether (sulfide) groups is 1. The molecular weight excluding hydrogens is 240 g/mol. The van der Waals surface area contributed by atoms with Crippen LogP contribution in [0, 0.1) is 0 Å². The number of benzene rings is 1. The van der Waals surface area contributed by atoms with Gasteiger partial charge in [0.25, 0.3) is 0 Å². The molecule has 0 aliphatic carbocycles. The van der Waals surface area contributed by atoms with E-state index in [0.29, 0.717) is 16.4 Å². The summed E-state index contributed by atoms with van der Waals surface area (Å²) in [5, 5.41) is 12.4. The van der Waals surface area contributed by atoms with Gasteiger partial charge in [-0.05, 0) is 42.7 Å². The van der Waals surface area contributed by atoms with E-state index in [1.165, 1.54) is 18.4 Å². The maximum absolute atomic E-state index is 11.0. The van der Waals surface area contributed by atoms with Crippen LogP contribution in [0.4, 0.5) is 0 Å². The highest BCUT2D eigenvalue weighted by Gasteiger charge is 2.44. The third-order valence-corrected chi connectivity index (χ3v) is 5.99. The quantitative estimate of drug-likeness (QED) is 0.867. The second-order valence-corrected chi connectivity index (χ2v) is 7.78. The van der Waals surface area contributed by atoms with Crippen molar-refractivity contribution in [2.24, 2.45) is 0 Å². The number of hydrogen-bond donors (Lipinski definition) is 1. The summed E-state index contributed by atoms with van der Waals surface area (Å²) in [7, 11) is 0. The highest BCUT2D eigenvalue weighted by atomic mass is 32.2. The summed E-state index contributed by atoms with van der Waals surface area (Å²) in [4.78, 5) is 0. The van der Waals surface area contributed by atoms with E-state index in [2.05, 4.69) is 49.9 Å². The summed E-state index contributed by atoms with van der Waals surface area (Å²) in [6.45, 7) is 4.42. The fourth-order valence-electron chi connectivity index (χ4n) is 3.34. The largest absolute Gasteiger partial charge is 0.385 e. The Bertz CT molecular complexity index is 428. The van der Waals surface area contributed by atoms with Crippen molar-refractivity contribution < 1.29 is 5.11 Å². The lowest BCUT2D eigenvalue weighted by atomic mass is 9.84. The van der Waals surface area contributed by atoms with E-state index in [4.69, 9.17) is 0 Å². The minimum atomic E-state index is -0.567. The summed E-state index contributed by atoms with van der Waals surface area (Å²) in [5.41, 5.74) is 1.92. The molecule has 0 aromatic heterocycles. The maximum Gasteiger partial charge on any atom is 0.0917 e. The highest BCUT2D eigenvalue weighted by Crippen LogP contribution is 2.51. The Kier molecular flexibility index (Phi) is 3.19. The van der Waals surface area contributed by atoms with E-state index in [0.717, 1.165) is 18.4 Å². The van der Waals surface area contributed by atoms with Gasteiger partial charge in [-0.15, -0.1) is 0 Å². The van der Waals surface area contributed by atoms with Gasteiger partial charge < -0.3 is 5.11 Å². The van der Waals surface area contributed by atoms with Crippen LogP contribution in [-0.4, -0.2) is 15.6 Å². The third kappa shape index (κ3) is 2.21. The van der Waals surface area contributed by atoms with Crippen LogP contribution >= 0.6 is 11.8 Å². The zero-order valence-electron chi connectivity index (χ0n) is 11.2. The normalized spacial score (nSPS) is 35.1. The lowest BCUT2D eigenvalue weighted by Gasteiger charge is -2.36. The topological polar surface area (TPSA) is 20.2 Å². The standard InChI is InChI=1S/C16H22OS/c1-11(2)12-4-3-5-13(8-12)16(17)9-14-6-7-15(10-16)18-14/h3-5,8,11,14-15,17H,6-7,9-10H2,1-2H3. The highest BCUT2D eigenvalue weighted by molar-refractivity contribution is 8.00. The second-order valence-electron chi connectivity index (χ2n) is 6.18. The fourth-order valence-corrected chi connectivity index (χ4v) is 5.17. The van der Waals surface area contributed by atoms with Crippen molar-refractivity contribution in [3.05, 3.63) is 35.4 Å². The number of rotatable bonds is 2. The van der Waals surface area contributed by atoms with Crippen LogP contribution in [0.5, 0.6) is 0 Å². The molecule has 0 saturated carbocycles. The zero-order valence-corrected chi connectivity index (χ0v) is 12.0. The molecule has 3 rings (SSSR count). The summed E-state index contributed by atoms with van der Waals surface area (Å²) >= 11 is 2.10. The molecule has 2 bridgehead atoms. The molecule has 1 N–H and O–H groups in total. The van der Waals surface area contributed by atoms with Crippen molar-refractivity contribution >= 4 is 11.8 Å². The van der Waals surface area contributed by atoms with E-state index < -0.39 is 5.60 Å². The molecule has 0 spiro atoms. The lowest BCUT2D eigenvalue weighted by Crippen LogP contribution is -2.34. The predicted octanol–water partition coefficient (Wildman–Crippen LogP) is 4.06. The molecule has 98 valence electrons. The molecule has 0 radical (unpaired) electrons. The Morgan fingerprint density at radius 1 is 1.22 bits per heavy atom. The Morgan fingerprint density at radius 2 is 1.89 bits per heavy atom. The van der Waals surface area contributed by atoms with E-state index in [1.54, 1.807) is 0 Å². The van der Waals surface area contributed by atoms with Gasteiger partial charge in [0.2, 0.25) is 0 Å². The van der Waals surface area contributed by atoms with Gasteiger partial charge in [0, 0.05) is 10.5 Å². The van der Waals surface area contributed by atoms with Crippen molar-refractivity contribution in [1.29, 1.82) is 0 Å². The second kappa shape index (κ2) is 4.57. The Labute approximate surface area is 114 Å². The Morgan fingerprint density at radius 3 is 2.50 bits per heavy atom. The molecule has 1 aromatic rings. The van der Waals surface area contributed by atoms with Crippen LogP contribution in [0.2, 0.25) is 0 Å². The smallest absolute Gasteiger partial charge is 0.0917 e. The molecule has 2 fully saturated rings. The van der Waals surface area contributed by atoms with Gasteiger partial charge in [0.15, 0.2) is 0 Å². The van der Waals surface area contributed by atoms with Gasteiger partial charge in [-0.2, -0.15) is 11.8 Å². The van der Waals surface area contributed by atoms with Crippen LogP contribution in [0.25, 0.3) is 0 Å². The average Bonchev–Trinajstić information content (AvgIpc) is 2.69. The molecule has 2 aliphatic rings. The first-order valence-electron chi connectivity index (χ1n) is 7.05. The molecule has 2 atom stereocenters. The third-order valence-electron chi connectivity index (χ3n) is 4.42. The first kappa shape index (κ1) is 12.6. The van der Waals surface area contributed by atoms with Gasteiger partial charge in [-0.25, -0.2) is 0 Å². The summed E-state index contributed by atoms with van der Waals surface area (Å²) in [6.07, 6.45) is 4.47. The van der Waals surface area contributed by atoms with E-state index >= 15 is 0 Å². The van der Waals surface area contributed by atoms with E-state index in [1.807, 2.05) is 0 Å². The SMILES string of the molecule is CC(C)c1cccc(C2(O)CC3CCC(C2)S3)c1. The fraction of sp³-hybridized carbons (Fsp3) is 0.625. The molecule has 2 saturated heterocycles. The van der Waals surface area contributed by atoms with Crippen molar-refractivity contribution in [2.45, 2.75) is 61.5 Å². The molecule has 2 unspecified atom stereocenters. The lowest BCUT2D eigenvalue weighted by molar-refractivity contribution is 0.0195. The van der Waals surface area contributed by atoms with E-state index in [-0.39, 0.29) is 0 Å². The van der Waals surface area contributed by atoms with Gasteiger partial charge >= 0.3 is 0 Å². The molecule has 0 amide bonds. The molecule has 18 heavy (non-hydrogen) atoms. The maximum atomic E-state index is 11.0. The minimum Gasteiger partial charge on any atom is -0.385 e. The number of aliphatic hydroxyl groups is 1. The van der Waals surface area contributed by atoms with Gasteiger partial charge in [0.1, 0.15) is 0 Å². The monoisotopic (exact) mass is 262 g/mol. The number of hydrogen-bond acceptors (Lipinski definition) is 2. The molecular formula is C16H22OS. The molecule has 1 aromatic carbocycles.